The van der Waals surface area contributed by atoms with Gasteiger partial charge in [-0.15, -0.1) is 11.3 Å². The molecule has 4 aromatic rings. The highest BCUT2D eigenvalue weighted by atomic mass is 32.1. The van der Waals surface area contributed by atoms with Crippen LogP contribution >= 0.6 is 11.3 Å². The zero-order valence-corrected chi connectivity index (χ0v) is 21.5. The molecular formula is C27H26N4O5S. The standard InChI is InChI=1S/C27H26N4O5S/c1-4-9-21-19(5-2)24(20-12-6-7-13-22(20)28-21)26(33)36-16(3)25(32)30-27-29-23(15-37-27)17-10-8-11-18(14-17)31(34)35/h6-8,10-16H,4-5,9H2,1-3H3,(H,29,30,32)/t16-/m0/s1. The molecule has 2 heterocycles. The molecule has 9 nitrogen and oxygen atoms in total. The van der Waals surface area contributed by atoms with Crippen molar-refractivity contribution in [1.82, 2.24) is 9.97 Å². The highest BCUT2D eigenvalue weighted by Gasteiger charge is 2.25. The molecule has 0 fully saturated rings. The van der Waals surface area contributed by atoms with Crippen LogP contribution in [0.4, 0.5) is 10.8 Å². The fraction of sp³-hybridized carbons (Fsp3) is 0.259. The van der Waals surface area contributed by atoms with Crippen molar-refractivity contribution in [2.75, 3.05) is 5.32 Å². The Morgan fingerprint density at radius 2 is 1.92 bits per heavy atom. The molecule has 10 heteroatoms. The number of esters is 1. The van der Waals surface area contributed by atoms with E-state index < -0.39 is 22.9 Å². The summed E-state index contributed by atoms with van der Waals surface area (Å²) in [6.07, 6.45) is 1.15. The average Bonchev–Trinajstić information content (AvgIpc) is 3.36. The molecule has 0 aliphatic rings. The van der Waals surface area contributed by atoms with Crippen LogP contribution in [-0.2, 0) is 22.4 Å². The number of rotatable bonds is 9. The monoisotopic (exact) mass is 518 g/mol. The summed E-state index contributed by atoms with van der Waals surface area (Å²) >= 11 is 1.17. The summed E-state index contributed by atoms with van der Waals surface area (Å²) in [5.41, 5.74) is 3.86. The average molecular weight is 519 g/mol. The molecule has 1 amide bonds. The number of aryl methyl sites for hydroxylation is 1. The molecule has 1 atom stereocenters. The molecule has 2 aromatic heterocycles. The SMILES string of the molecule is CCCc1nc2ccccc2c(C(=O)O[C@@H](C)C(=O)Nc2nc(-c3cccc([N+](=O)[O-])c3)cs2)c1CC. The number of benzene rings is 2. The van der Waals surface area contributed by atoms with Crippen LogP contribution in [0.2, 0.25) is 0 Å². The number of thiazole rings is 1. The predicted octanol–water partition coefficient (Wildman–Crippen LogP) is 5.97. The van der Waals surface area contributed by atoms with Crippen LogP contribution in [0.25, 0.3) is 22.2 Å². The molecule has 0 saturated carbocycles. The first-order chi connectivity index (χ1) is 17.8. The van der Waals surface area contributed by atoms with Crippen LogP contribution in [0.15, 0.2) is 53.9 Å². The van der Waals surface area contributed by atoms with Crippen molar-refractivity contribution in [2.45, 2.75) is 46.1 Å². The van der Waals surface area contributed by atoms with Gasteiger partial charge >= 0.3 is 5.97 Å². The van der Waals surface area contributed by atoms with Crippen molar-refractivity contribution in [1.29, 1.82) is 0 Å². The van der Waals surface area contributed by atoms with Crippen LogP contribution in [0.1, 0.15) is 48.8 Å². The third-order valence-corrected chi connectivity index (χ3v) is 6.62. The third kappa shape index (κ3) is 5.64. The predicted molar refractivity (Wildman–Crippen MR) is 143 cm³/mol. The number of anilines is 1. The number of hydrogen-bond acceptors (Lipinski definition) is 8. The van der Waals surface area contributed by atoms with Gasteiger partial charge in [-0.3, -0.25) is 25.2 Å². The molecule has 0 spiro atoms. The fourth-order valence-corrected chi connectivity index (χ4v) is 4.81. The summed E-state index contributed by atoms with van der Waals surface area (Å²) in [4.78, 5) is 45.9. The number of fused-ring (bicyclic) bond motifs is 1. The number of amides is 1. The number of nitrogens with one attached hydrogen (secondary N) is 1. The second-order valence-electron chi connectivity index (χ2n) is 8.41. The zero-order chi connectivity index (χ0) is 26.5. The van der Waals surface area contributed by atoms with E-state index in [9.17, 15) is 19.7 Å². The first-order valence-corrected chi connectivity index (χ1v) is 12.8. The van der Waals surface area contributed by atoms with Gasteiger partial charge in [-0.1, -0.05) is 50.6 Å². The lowest BCUT2D eigenvalue weighted by atomic mass is 9.96. The number of para-hydroxylation sites is 1. The van der Waals surface area contributed by atoms with Crippen LogP contribution < -0.4 is 5.32 Å². The summed E-state index contributed by atoms with van der Waals surface area (Å²) in [5.74, 6) is -1.11. The van der Waals surface area contributed by atoms with Gasteiger partial charge in [-0.2, -0.15) is 0 Å². The number of carbonyl (C=O) groups excluding carboxylic acids is 2. The number of non-ortho nitro benzene ring substituents is 1. The molecule has 2 aromatic carbocycles. The normalized spacial score (nSPS) is 11.8. The topological polar surface area (TPSA) is 124 Å². The number of hydrogen-bond donors (Lipinski definition) is 1. The zero-order valence-electron chi connectivity index (χ0n) is 20.7. The number of nitrogens with zero attached hydrogens (tertiary/aromatic N) is 3. The van der Waals surface area contributed by atoms with Crippen molar-refractivity contribution in [2.24, 2.45) is 0 Å². The molecule has 0 radical (unpaired) electrons. The van der Waals surface area contributed by atoms with Crippen molar-refractivity contribution >= 4 is 44.9 Å². The number of carbonyl (C=O) groups is 2. The highest BCUT2D eigenvalue weighted by molar-refractivity contribution is 7.14. The van der Waals surface area contributed by atoms with E-state index in [2.05, 4.69) is 17.2 Å². The molecule has 0 bridgehead atoms. The largest absolute Gasteiger partial charge is 0.449 e. The molecule has 190 valence electrons. The van der Waals surface area contributed by atoms with E-state index in [1.165, 1.54) is 30.4 Å². The van der Waals surface area contributed by atoms with Gasteiger partial charge in [-0.25, -0.2) is 9.78 Å². The van der Waals surface area contributed by atoms with E-state index in [0.717, 1.165) is 24.1 Å². The van der Waals surface area contributed by atoms with Crippen molar-refractivity contribution < 1.29 is 19.2 Å². The second kappa shape index (κ2) is 11.3. The number of aromatic nitrogens is 2. The lowest BCUT2D eigenvalue weighted by molar-refractivity contribution is -0.384. The molecule has 1 N–H and O–H groups in total. The first-order valence-electron chi connectivity index (χ1n) is 11.9. The maximum atomic E-state index is 13.3. The Bertz CT molecular complexity index is 1480. The Balaban J connectivity index is 1.52. The van der Waals surface area contributed by atoms with E-state index in [0.29, 0.717) is 39.3 Å². The number of pyridine rings is 1. The quantitative estimate of drug-likeness (QED) is 0.164. The molecule has 0 aliphatic carbocycles. The fourth-order valence-electron chi connectivity index (χ4n) is 4.08. The van der Waals surface area contributed by atoms with Crippen LogP contribution in [0.5, 0.6) is 0 Å². The van der Waals surface area contributed by atoms with Gasteiger partial charge in [0.05, 0.1) is 21.7 Å². The summed E-state index contributed by atoms with van der Waals surface area (Å²) < 4.78 is 5.61. The molecule has 37 heavy (non-hydrogen) atoms. The van der Waals surface area contributed by atoms with Crippen LogP contribution in [0, 0.1) is 10.1 Å². The van der Waals surface area contributed by atoms with Gasteiger partial charge in [0.1, 0.15) is 0 Å². The van der Waals surface area contributed by atoms with Crippen molar-refractivity contribution in [3.63, 3.8) is 0 Å². The van der Waals surface area contributed by atoms with Crippen molar-refractivity contribution in [3.8, 4) is 11.3 Å². The first kappa shape index (κ1) is 25.9. The van der Waals surface area contributed by atoms with Gasteiger partial charge in [0.25, 0.3) is 11.6 Å². The molecular weight excluding hydrogens is 492 g/mol. The van der Waals surface area contributed by atoms with E-state index in [1.807, 2.05) is 31.2 Å². The van der Waals surface area contributed by atoms with Gasteiger partial charge in [-0.05, 0) is 31.4 Å². The minimum Gasteiger partial charge on any atom is -0.449 e. The van der Waals surface area contributed by atoms with Gasteiger partial charge in [0, 0.05) is 34.2 Å². The van der Waals surface area contributed by atoms with Gasteiger partial charge in [0.2, 0.25) is 0 Å². The number of nitro benzene ring substituents is 1. The van der Waals surface area contributed by atoms with E-state index in [1.54, 1.807) is 17.5 Å². The smallest absolute Gasteiger partial charge is 0.339 e. The molecule has 0 saturated heterocycles. The maximum absolute atomic E-state index is 13.3. The van der Waals surface area contributed by atoms with E-state index in [4.69, 9.17) is 9.72 Å². The Morgan fingerprint density at radius 1 is 1.14 bits per heavy atom. The number of ether oxygens (including phenoxy) is 1. The Labute approximate surface area is 217 Å². The van der Waals surface area contributed by atoms with Gasteiger partial charge < -0.3 is 4.74 Å². The Hall–Kier alpha value is -4.18. The molecule has 0 unspecified atom stereocenters. The highest BCUT2D eigenvalue weighted by Crippen LogP contribution is 2.29. The minimum atomic E-state index is -1.08. The Morgan fingerprint density at radius 3 is 2.65 bits per heavy atom. The molecule has 0 aliphatic heterocycles. The summed E-state index contributed by atoms with van der Waals surface area (Å²) in [7, 11) is 0. The van der Waals surface area contributed by atoms with E-state index >= 15 is 0 Å². The van der Waals surface area contributed by atoms with Gasteiger partial charge in [0.15, 0.2) is 11.2 Å². The number of nitro groups is 1. The lowest BCUT2D eigenvalue weighted by Crippen LogP contribution is -2.30. The Kier molecular flexibility index (Phi) is 7.88. The minimum absolute atomic E-state index is 0.0474. The van der Waals surface area contributed by atoms with Crippen LogP contribution in [-0.4, -0.2) is 32.9 Å². The van der Waals surface area contributed by atoms with Crippen LogP contribution in [0.3, 0.4) is 0 Å². The van der Waals surface area contributed by atoms with Crippen molar-refractivity contribution in [3.05, 3.63) is 80.8 Å². The lowest BCUT2D eigenvalue weighted by Gasteiger charge is -2.17. The summed E-state index contributed by atoms with van der Waals surface area (Å²) in [6.45, 7) is 5.54. The third-order valence-electron chi connectivity index (χ3n) is 5.86. The summed E-state index contributed by atoms with van der Waals surface area (Å²) in [5, 5.41) is 16.4. The van der Waals surface area contributed by atoms with E-state index in [-0.39, 0.29) is 5.69 Å². The second-order valence-corrected chi connectivity index (χ2v) is 9.27. The molecule has 4 rings (SSSR count). The maximum Gasteiger partial charge on any atom is 0.339 e. The summed E-state index contributed by atoms with van der Waals surface area (Å²) in [6, 6.07) is 13.5.